The zero-order valence-corrected chi connectivity index (χ0v) is 13.6. The van der Waals surface area contributed by atoms with Gasteiger partial charge in [0.25, 0.3) is 0 Å². The highest BCUT2D eigenvalue weighted by Crippen LogP contribution is 2.33. The summed E-state index contributed by atoms with van der Waals surface area (Å²) in [7, 11) is 0. The second-order valence-corrected chi connectivity index (χ2v) is 5.98. The third-order valence-corrected chi connectivity index (χ3v) is 3.90. The molecule has 0 spiro atoms. The Labute approximate surface area is 133 Å². The van der Waals surface area contributed by atoms with Gasteiger partial charge in [0.1, 0.15) is 11.5 Å². The van der Waals surface area contributed by atoms with E-state index in [4.69, 9.17) is 22.1 Å². The lowest BCUT2D eigenvalue weighted by Gasteiger charge is -2.15. The fourth-order valence-corrected chi connectivity index (χ4v) is 2.37. The molecule has 0 amide bonds. The Balaban J connectivity index is 2.27. The fraction of sp³-hybridized carbons (Fsp3) is 0.250. The highest BCUT2D eigenvalue weighted by atomic mass is 79.9. The Kier molecular flexibility index (Phi) is 5.46. The van der Waals surface area contributed by atoms with E-state index in [1.165, 1.54) is 0 Å². The summed E-state index contributed by atoms with van der Waals surface area (Å²) in [5, 5.41) is 0.586. The molecule has 0 aromatic heterocycles. The fourth-order valence-electron chi connectivity index (χ4n) is 1.87. The van der Waals surface area contributed by atoms with Crippen molar-refractivity contribution in [1.82, 2.24) is 0 Å². The lowest BCUT2D eigenvalue weighted by molar-refractivity contribution is 0.472. The van der Waals surface area contributed by atoms with Crippen LogP contribution in [-0.2, 0) is 6.42 Å². The average molecular weight is 355 g/mol. The van der Waals surface area contributed by atoms with Gasteiger partial charge >= 0.3 is 0 Å². The predicted octanol–water partition coefficient (Wildman–Crippen LogP) is 5.17. The summed E-state index contributed by atoms with van der Waals surface area (Å²) in [5.41, 5.74) is 7.13. The molecule has 2 rings (SSSR count). The predicted molar refractivity (Wildman–Crippen MR) is 87.6 cm³/mol. The van der Waals surface area contributed by atoms with Gasteiger partial charge in [-0.2, -0.15) is 0 Å². The zero-order valence-electron chi connectivity index (χ0n) is 11.3. The summed E-state index contributed by atoms with van der Waals surface area (Å²) in [5.74, 6) is 1.44. The SMILES string of the molecule is CCC(N)Cc1ccccc1Oc1cc(Br)ccc1Cl. The molecule has 0 radical (unpaired) electrons. The molecule has 0 aliphatic carbocycles. The zero-order chi connectivity index (χ0) is 14.5. The number of hydrogen-bond acceptors (Lipinski definition) is 2. The Morgan fingerprint density at radius 3 is 2.70 bits per heavy atom. The molecule has 20 heavy (non-hydrogen) atoms. The van der Waals surface area contributed by atoms with Crippen molar-refractivity contribution in [1.29, 1.82) is 0 Å². The van der Waals surface area contributed by atoms with Crippen LogP contribution in [0.3, 0.4) is 0 Å². The van der Waals surface area contributed by atoms with Crippen molar-refractivity contribution in [2.24, 2.45) is 5.73 Å². The largest absolute Gasteiger partial charge is 0.455 e. The highest BCUT2D eigenvalue weighted by Gasteiger charge is 2.10. The van der Waals surface area contributed by atoms with Crippen LogP contribution in [0.5, 0.6) is 11.5 Å². The molecule has 0 aliphatic rings. The van der Waals surface area contributed by atoms with Crippen molar-refractivity contribution in [3.05, 3.63) is 57.5 Å². The summed E-state index contributed by atoms with van der Waals surface area (Å²) in [4.78, 5) is 0. The Hall–Kier alpha value is -1.03. The number of benzene rings is 2. The minimum absolute atomic E-state index is 0.137. The molecule has 0 fully saturated rings. The van der Waals surface area contributed by atoms with Crippen molar-refractivity contribution in [3.8, 4) is 11.5 Å². The van der Waals surface area contributed by atoms with Crippen LogP contribution >= 0.6 is 27.5 Å². The molecule has 1 atom stereocenters. The van der Waals surface area contributed by atoms with Gasteiger partial charge in [-0.05, 0) is 42.7 Å². The molecule has 106 valence electrons. The molecule has 2 aromatic carbocycles. The van der Waals surface area contributed by atoms with Crippen molar-refractivity contribution < 1.29 is 4.74 Å². The van der Waals surface area contributed by atoms with Crippen LogP contribution in [0.4, 0.5) is 0 Å². The van der Waals surface area contributed by atoms with E-state index in [9.17, 15) is 0 Å². The van der Waals surface area contributed by atoms with Gasteiger partial charge in [-0.3, -0.25) is 0 Å². The molecule has 2 N–H and O–H groups in total. The number of para-hydroxylation sites is 1. The standard InChI is InChI=1S/C16H17BrClNO/c1-2-13(19)9-11-5-3-4-6-15(11)20-16-10-12(17)7-8-14(16)18/h3-8,10,13H,2,9,19H2,1H3. The van der Waals surface area contributed by atoms with E-state index in [0.29, 0.717) is 10.8 Å². The van der Waals surface area contributed by atoms with Gasteiger partial charge in [0.15, 0.2) is 0 Å². The summed E-state index contributed by atoms with van der Waals surface area (Å²) in [6, 6.07) is 13.6. The molecule has 2 nitrogen and oxygen atoms in total. The number of rotatable bonds is 5. The summed E-state index contributed by atoms with van der Waals surface area (Å²) < 4.78 is 6.88. The maximum Gasteiger partial charge on any atom is 0.147 e. The van der Waals surface area contributed by atoms with Crippen molar-refractivity contribution in [2.45, 2.75) is 25.8 Å². The molecule has 0 saturated heterocycles. The molecule has 0 saturated carbocycles. The third-order valence-electron chi connectivity index (χ3n) is 3.09. The van der Waals surface area contributed by atoms with Gasteiger partial charge in [-0.1, -0.05) is 52.7 Å². The smallest absolute Gasteiger partial charge is 0.147 e. The summed E-state index contributed by atoms with van der Waals surface area (Å²) in [6.45, 7) is 2.08. The third kappa shape index (κ3) is 3.98. The van der Waals surface area contributed by atoms with Crippen LogP contribution in [0.15, 0.2) is 46.9 Å². The van der Waals surface area contributed by atoms with Crippen LogP contribution < -0.4 is 10.5 Å². The first-order valence-electron chi connectivity index (χ1n) is 6.56. The Morgan fingerprint density at radius 1 is 1.20 bits per heavy atom. The number of halogens is 2. The highest BCUT2D eigenvalue weighted by molar-refractivity contribution is 9.10. The first kappa shape index (κ1) is 15.4. The van der Waals surface area contributed by atoms with E-state index < -0.39 is 0 Å². The van der Waals surface area contributed by atoms with E-state index in [2.05, 4.69) is 22.9 Å². The molecule has 2 aromatic rings. The molecule has 1 unspecified atom stereocenters. The van der Waals surface area contributed by atoms with Gasteiger partial charge < -0.3 is 10.5 Å². The van der Waals surface area contributed by atoms with E-state index in [1.54, 1.807) is 6.07 Å². The second-order valence-electron chi connectivity index (χ2n) is 4.66. The van der Waals surface area contributed by atoms with Gasteiger partial charge in [-0.25, -0.2) is 0 Å². The van der Waals surface area contributed by atoms with Crippen LogP contribution in [0, 0.1) is 0 Å². The van der Waals surface area contributed by atoms with Crippen LogP contribution in [0.1, 0.15) is 18.9 Å². The lowest BCUT2D eigenvalue weighted by atomic mass is 10.0. The number of nitrogens with two attached hydrogens (primary N) is 1. The Bertz CT molecular complexity index is 588. The van der Waals surface area contributed by atoms with Crippen LogP contribution in [-0.4, -0.2) is 6.04 Å². The maximum atomic E-state index is 6.16. The molecule has 4 heteroatoms. The minimum Gasteiger partial charge on any atom is -0.455 e. The maximum absolute atomic E-state index is 6.16. The van der Waals surface area contributed by atoms with Gasteiger partial charge in [-0.15, -0.1) is 0 Å². The normalized spacial score (nSPS) is 12.2. The topological polar surface area (TPSA) is 35.2 Å². The number of ether oxygens (including phenoxy) is 1. The quantitative estimate of drug-likeness (QED) is 0.803. The lowest BCUT2D eigenvalue weighted by Crippen LogP contribution is -2.21. The van der Waals surface area contributed by atoms with Crippen LogP contribution in [0.25, 0.3) is 0 Å². The minimum atomic E-state index is 0.137. The molecular formula is C16H17BrClNO. The first-order chi connectivity index (χ1) is 9.60. The second kappa shape index (κ2) is 7.11. The van der Waals surface area contributed by atoms with E-state index >= 15 is 0 Å². The van der Waals surface area contributed by atoms with Gasteiger partial charge in [0.2, 0.25) is 0 Å². The molecule has 0 bridgehead atoms. The molecule has 0 heterocycles. The van der Waals surface area contributed by atoms with Crippen LogP contribution in [0.2, 0.25) is 5.02 Å². The molecular weight excluding hydrogens is 338 g/mol. The monoisotopic (exact) mass is 353 g/mol. The van der Waals surface area contributed by atoms with Crippen molar-refractivity contribution in [3.63, 3.8) is 0 Å². The Morgan fingerprint density at radius 2 is 1.95 bits per heavy atom. The van der Waals surface area contributed by atoms with Crippen molar-refractivity contribution in [2.75, 3.05) is 0 Å². The first-order valence-corrected chi connectivity index (χ1v) is 7.73. The molecule has 0 aliphatic heterocycles. The average Bonchev–Trinajstić information content (AvgIpc) is 2.44. The summed E-state index contributed by atoms with van der Waals surface area (Å²) in [6.07, 6.45) is 1.73. The van der Waals surface area contributed by atoms with Gasteiger partial charge in [0, 0.05) is 10.5 Å². The van der Waals surface area contributed by atoms with E-state index in [1.807, 2.05) is 36.4 Å². The van der Waals surface area contributed by atoms with E-state index in [0.717, 1.165) is 28.6 Å². The summed E-state index contributed by atoms with van der Waals surface area (Å²) >= 11 is 9.58. The van der Waals surface area contributed by atoms with Crippen molar-refractivity contribution >= 4 is 27.5 Å². The number of hydrogen-bond donors (Lipinski definition) is 1. The van der Waals surface area contributed by atoms with Gasteiger partial charge in [0.05, 0.1) is 5.02 Å². The van der Waals surface area contributed by atoms with E-state index in [-0.39, 0.29) is 6.04 Å².